The van der Waals surface area contributed by atoms with Gasteiger partial charge in [-0.1, -0.05) is 13.3 Å². The van der Waals surface area contributed by atoms with Crippen LogP contribution in [0.15, 0.2) is 0 Å². The van der Waals surface area contributed by atoms with Crippen molar-refractivity contribution in [3.63, 3.8) is 0 Å². The number of rotatable bonds is 2. The molecule has 2 aliphatic rings. The molecule has 0 unspecified atom stereocenters. The lowest BCUT2D eigenvalue weighted by Crippen LogP contribution is -2.40. The summed E-state index contributed by atoms with van der Waals surface area (Å²) < 4.78 is 0. The lowest BCUT2D eigenvalue weighted by atomic mass is 9.84. The van der Waals surface area contributed by atoms with Crippen molar-refractivity contribution >= 4 is 11.7 Å². The molecule has 0 aromatic heterocycles. The number of amides is 1. The Kier molecular flexibility index (Phi) is 3.08. The second kappa shape index (κ2) is 4.33. The van der Waals surface area contributed by atoms with E-state index >= 15 is 0 Å². The molecular formula is C12H19NO2. The van der Waals surface area contributed by atoms with E-state index in [1.807, 2.05) is 4.90 Å². The van der Waals surface area contributed by atoms with Gasteiger partial charge in [0.05, 0.1) is 0 Å². The van der Waals surface area contributed by atoms with E-state index in [0.717, 1.165) is 18.8 Å². The van der Waals surface area contributed by atoms with Crippen molar-refractivity contribution in [1.29, 1.82) is 0 Å². The minimum absolute atomic E-state index is 0.187. The molecule has 15 heavy (non-hydrogen) atoms. The van der Waals surface area contributed by atoms with Crippen molar-refractivity contribution in [3.8, 4) is 0 Å². The normalized spacial score (nSPS) is 32.5. The molecule has 2 fully saturated rings. The van der Waals surface area contributed by atoms with Crippen LogP contribution in [0.5, 0.6) is 0 Å². The Morgan fingerprint density at radius 2 is 1.87 bits per heavy atom. The number of hydrogen-bond acceptors (Lipinski definition) is 2. The maximum Gasteiger partial charge on any atom is 0.290 e. The third kappa shape index (κ3) is 2.06. The Hall–Kier alpha value is -0.860. The summed E-state index contributed by atoms with van der Waals surface area (Å²) in [5, 5.41) is 0. The van der Waals surface area contributed by atoms with E-state index in [9.17, 15) is 9.59 Å². The molecule has 1 amide bonds. The fourth-order valence-electron chi connectivity index (χ4n) is 2.80. The Morgan fingerprint density at radius 3 is 2.33 bits per heavy atom. The van der Waals surface area contributed by atoms with E-state index in [1.165, 1.54) is 19.3 Å². The molecule has 1 heterocycles. The van der Waals surface area contributed by atoms with Crippen LogP contribution < -0.4 is 0 Å². The van der Waals surface area contributed by atoms with E-state index in [1.54, 1.807) is 0 Å². The van der Waals surface area contributed by atoms with E-state index in [2.05, 4.69) is 6.92 Å². The molecule has 84 valence electrons. The first kappa shape index (κ1) is 10.7. The third-order valence-electron chi connectivity index (χ3n) is 3.91. The molecule has 0 atom stereocenters. The minimum Gasteiger partial charge on any atom is -0.333 e. The standard InChI is InChI=1S/C12H19NO2/c1-2-9-3-5-10(6-4-9)13-8-7-11(14)12(13)15/h9-10H,2-8H2,1H3. The van der Waals surface area contributed by atoms with Crippen molar-refractivity contribution in [3.05, 3.63) is 0 Å². The zero-order valence-electron chi connectivity index (χ0n) is 9.37. The van der Waals surface area contributed by atoms with Gasteiger partial charge in [-0.2, -0.15) is 0 Å². The predicted octanol–water partition coefficient (Wildman–Crippen LogP) is 1.76. The lowest BCUT2D eigenvalue weighted by molar-refractivity contribution is -0.141. The molecule has 0 N–H and O–H groups in total. The van der Waals surface area contributed by atoms with Crippen LogP contribution in [0.2, 0.25) is 0 Å². The number of Topliss-reactive ketones (excluding diaryl/α,β-unsaturated/α-hetero) is 1. The second-order valence-electron chi connectivity index (χ2n) is 4.75. The Balaban J connectivity index is 1.91. The van der Waals surface area contributed by atoms with Gasteiger partial charge in [-0.15, -0.1) is 0 Å². The van der Waals surface area contributed by atoms with Gasteiger partial charge in [0.25, 0.3) is 5.91 Å². The van der Waals surface area contributed by atoms with E-state index in [-0.39, 0.29) is 11.7 Å². The zero-order chi connectivity index (χ0) is 10.8. The molecule has 1 aliphatic heterocycles. The SMILES string of the molecule is CCC1CCC(N2CCC(=O)C2=O)CC1. The largest absolute Gasteiger partial charge is 0.333 e. The third-order valence-corrected chi connectivity index (χ3v) is 3.91. The fourth-order valence-corrected chi connectivity index (χ4v) is 2.80. The van der Waals surface area contributed by atoms with Crippen LogP contribution in [-0.2, 0) is 9.59 Å². The molecule has 1 aliphatic carbocycles. The van der Waals surface area contributed by atoms with Gasteiger partial charge in [-0.25, -0.2) is 0 Å². The van der Waals surface area contributed by atoms with Crippen LogP contribution in [-0.4, -0.2) is 29.2 Å². The highest BCUT2D eigenvalue weighted by molar-refractivity contribution is 6.37. The van der Waals surface area contributed by atoms with Gasteiger partial charge in [0, 0.05) is 19.0 Å². The van der Waals surface area contributed by atoms with Gasteiger partial charge in [0.1, 0.15) is 0 Å². The summed E-state index contributed by atoms with van der Waals surface area (Å²) in [6, 6.07) is 0.353. The maximum atomic E-state index is 11.5. The molecule has 0 radical (unpaired) electrons. The quantitative estimate of drug-likeness (QED) is 0.650. The van der Waals surface area contributed by atoms with Gasteiger partial charge < -0.3 is 4.90 Å². The molecule has 0 aromatic rings. The van der Waals surface area contributed by atoms with Crippen molar-refractivity contribution in [2.75, 3.05) is 6.54 Å². The fraction of sp³-hybridized carbons (Fsp3) is 0.833. The number of ketones is 1. The first-order chi connectivity index (χ1) is 7.22. The summed E-state index contributed by atoms with van der Waals surface area (Å²) >= 11 is 0. The summed E-state index contributed by atoms with van der Waals surface area (Å²) in [7, 11) is 0. The van der Waals surface area contributed by atoms with Gasteiger partial charge in [-0.05, 0) is 31.6 Å². The number of likely N-dealkylation sites (tertiary alicyclic amines) is 1. The number of carbonyl (C=O) groups is 2. The summed E-state index contributed by atoms with van der Waals surface area (Å²) in [6.45, 7) is 2.90. The van der Waals surface area contributed by atoms with E-state index in [0.29, 0.717) is 19.0 Å². The van der Waals surface area contributed by atoms with Gasteiger partial charge in [0.15, 0.2) is 0 Å². The van der Waals surface area contributed by atoms with E-state index in [4.69, 9.17) is 0 Å². The highest BCUT2D eigenvalue weighted by Gasteiger charge is 2.35. The molecule has 2 rings (SSSR count). The summed E-state index contributed by atoms with van der Waals surface area (Å²) in [5.41, 5.74) is 0. The zero-order valence-corrected chi connectivity index (χ0v) is 9.37. The van der Waals surface area contributed by atoms with Crippen LogP contribution in [0.3, 0.4) is 0 Å². The monoisotopic (exact) mass is 209 g/mol. The summed E-state index contributed by atoms with van der Waals surface area (Å²) in [6.07, 6.45) is 6.32. The van der Waals surface area contributed by atoms with Crippen molar-refractivity contribution in [2.45, 2.75) is 51.5 Å². The molecule has 0 spiro atoms. The van der Waals surface area contributed by atoms with Gasteiger partial charge in [-0.3, -0.25) is 9.59 Å². The number of nitrogens with zero attached hydrogens (tertiary/aromatic N) is 1. The molecular weight excluding hydrogens is 190 g/mol. The highest BCUT2D eigenvalue weighted by Crippen LogP contribution is 2.30. The van der Waals surface area contributed by atoms with Crippen LogP contribution in [0, 0.1) is 5.92 Å². The molecule has 1 saturated carbocycles. The Morgan fingerprint density at radius 1 is 1.20 bits per heavy atom. The Bertz CT molecular complexity index is 267. The van der Waals surface area contributed by atoms with Crippen molar-refractivity contribution in [2.24, 2.45) is 5.92 Å². The highest BCUT2D eigenvalue weighted by atomic mass is 16.2. The van der Waals surface area contributed by atoms with Crippen LogP contribution in [0.1, 0.15) is 45.4 Å². The first-order valence-electron chi connectivity index (χ1n) is 6.06. The number of carbonyl (C=O) groups excluding carboxylic acids is 2. The maximum absolute atomic E-state index is 11.5. The van der Waals surface area contributed by atoms with Gasteiger partial charge in [0.2, 0.25) is 5.78 Å². The molecule has 1 saturated heterocycles. The van der Waals surface area contributed by atoms with Crippen molar-refractivity contribution in [1.82, 2.24) is 4.90 Å². The predicted molar refractivity (Wildman–Crippen MR) is 57.4 cm³/mol. The van der Waals surface area contributed by atoms with Crippen LogP contribution in [0.4, 0.5) is 0 Å². The summed E-state index contributed by atoms with van der Waals surface area (Å²) in [5.74, 6) is 0.428. The van der Waals surface area contributed by atoms with E-state index < -0.39 is 0 Å². The molecule has 0 aromatic carbocycles. The molecule has 0 bridgehead atoms. The average molecular weight is 209 g/mol. The minimum atomic E-state index is -0.227. The summed E-state index contributed by atoms with van der Waals surface area (Å²) in [4.78, 5) is 24.5. The van der Waals surface area contributed by atoms with Crippen LogP contribution >= 0.6 is 0 Å². The number of hydrogen-bond donors (Lipinski definition) is 0. The molecule has 3 heteroatoms. The lowest BCUT2D eigenvalue weighted by Gasteiger charge is -2.33. The Labute approximate surface area is 90.8 Å². The van der Waals surface area contributed by atoms with Gasteiger partial charge >= 0.3 is 0 Å². The average Bonchev–Trinajstić information content (AvgIpc) is 2.60. The van der Waals surface area contributed by atoms with Crippen molar-refractivity contribution < 1.29 is 9.59 Å². The molecule has 3 nitrogen and oxygen atoms in total. The first-order valence-corrected chi connectivity index (χ1v) is 6.06. The topological polar surface area (TPSA) is 37.4 Å². The smallest absolute Gasteiger partial charge is 0.290 e. The second-order valence-corrected chi connectivity index (χ2v) is 4.75. The van der Waals surface area contributed by atoms with Crippen LogP contribution in [0.25, 0.3) is 0 Å².